The molecular weight excluding hydrogens is 309 g/mol. The van der Waals surface area contributed by atoms with Gasteiger partial charge in [-0.1, -0.05) is 31.2 Å². The molecule has 4 nitrogen and oxygen atoms in total. The highest BCUT2D eigenvalue weighted by Gasteiger charge is 2.18. The molecular formula is C19H20FNO3. The largest absolute Gasteiger partial charge is 0.449 e. The molecule has 0 saturated heterocycles. The minimum Gasteiger partial charge on any atom is -0.449 e. The first kappa shape index (κ1) is 17.7. The Morgan fingerprint density at radius 3 is 2.21 bits per heavy atom. The van der Waals surface area contributed by atoms with Gasteiger partial charge in [-0.2, -0.15) is 0 Å². The van der Waals surface area contributed by atoms with Crippen molar-refractivity contribution in [3.8, 4) is 0 Å². The molecule has 24 heavy (non-hydrogen) atoms. The second-order valence-corrected chi connectivity index (χ2v) is 5.44. The van der Waals surface area contributed by atoms with Crippen LogP contribution >= 0.6 is 0 Å². The van der Waals surface area contributed by atoms with Crippen molar-refractivity contribution >= 4 is 11.9 Å². The maximum absolute atomic E-state index is 12.8. The number of benzene rings is 2. The fourth-order valence-corrected chi connectivity index (χ4v) is 2.09. The standard InChI is InChI=1S/C19H20FNO3/c1-3-14-4-8-16(9-5-14)19(23)24-13(2)18(22)21-12-15-6-10-17(20)11-7-15/h4-11,13H,3,12H2,1-2H3,(H,21,22). The van der Waals surface area contributed by atoms with Crippen molar-refractivity contribution in [1.29, 1.82) is 0 Å². The van der Waals surface area contributed by atoms with Crippen LogP contribution in [0.25, 0.3) is 0 Å². The summed E-state index contributed by atoms with van der Waals surface area (Å²) in [6.07, 6.45) is -0.0267. The summed E-state index contributed by atoms with van der Waals surface area (Å²) in [5.41, 5.74) is 2.29. The summed E-state index contributed by atoms with van der Waals surface area (Å²) in [7, 11) is 0. The number of hydrogen-bond donors (Lipinski definition) is 1. The van der Waals surface area contributed by atoms with Crippen molar-refractivity contribution in [1.82, 2.24) is 5.32 Å². The van der Waals surface area contributed by atoms with Crippen LogP contribution in [0.15, 0.2) is 48.5 Å². The average Bonchev–Trinajstić information content (AvgIpc) is 2.60. The van der Waals surface area contributed by atoms with E-state index in [0.717, 1.165) is 17.5 Å². The highest BCUT2D eigenvalue weighted by Crippen LogP contribution is 2.08. The molecule has 1 atom stereocenters. The van der Waals surface area contributed by atoms with E-state index in [1.165, 1.54) is 19.1 Å². The zero-order valence-electron chi connectivity index (χ0n) is 13.7. The first-order valence-electron chi connectivity index (χ1n) is 7.81. The lowest BCUT2D eigenvalue weighted by Crippen LogP contribution is -2.35. The van der Waals surface area contributed by atoms with Crippen molar-refractivity contribution in [2.75, 3.05) is 0 Å². The van der Waals surface area contributed by atoms with Crippen LogP contribution < -0.4 is 5.32 Å². The van der Waals surface area contributed by atoms with Gasteiger partial charge in [-0.15, -0.1) is 0 Å². The molecule has 2 aromatic carbocycles. The molecule has 2 rings (SSSR count). The van der Waals surface area contributed by atoms with Crippen LogP contribution in [0.3, 0.4) is 0 Å². The van der Waals surface area contributed by atoms with Crippen LogP contribution in [0.1, 0.15) is 35.3 Å². The van der Waals surface area contributed by atoms with Crippen molar-refractivity contribution < 1.29 is 18.7 Å². The maximum atomic E-state index is 12.8. The van der Waals surface area contributed by atoms with Crippen LogP contribution in [0.4, 0.5) is 4.39 Å². The van der Waals surface area contributed by atoms with E-state index in [4.69, 9.17) is 4.74 Å². The van der Waals surface area contributed by atoms with Crippen LogP contribution in [-0.4, -0.2) is 18.0 Å². The zero-order valence-corrected chi connectivity index (χ0v) is 13.7. The van der Waals surface area contributed by atoms with Crippen molar-refractivity contribution in [2.24, 2.45) is 0 Å². The van der Waals surface area contributed by atoms with Gasteiger partial charge in [-0.3, -0.25) is 4.79 Å². The number of esters is 1. The lowest BCUT2D eigenvalue weighted by Gasteiger charge is -2.13. The van der Waals surface area contributed by atoms with E-state index in [1.54, 1.807) is 24.3 Å². The van der Waals surface area contributed by atoms with E-state index in [1.807, 2.05) is 19.1 Å². The molecule has 0 aliphatic carbocycles. The number of rotatable bonds is 6. The van der Waals surface area contributed by atoms with Gasteiger partial charge in [0.15, 0.2) is 6.10 Å². The third-order valence-corrected chi connectivity index (χ3v) is 3.63. The number of hydrogen-bond acceptors (Lipinski definition) is 3. The number of aryl methyl sites for hydroxylation is 1. The van der Waals surface area contributed by atoms with Gasteiger partial charge in [0, 0.05) is 6.54 Å². The van der Waals surface area contributed by atoms with Gasteiger partial charge in [-0.25, -0.2) is 9.18 Å². The molecule has 1 unspecified atom stereocenters. The van der Waals surface area contributed by atoms with Gasteiger partial charge in [0.25, 0.3) is 5.91 Å². The molecule has 0 spiro atoms. The van der Waals surface area contributed by atoms with Crippen molar-refractivity contribution in [3.63, 3.8) is 0 Å². The summed E-state index contributed by atoms with van der Waals surface area (Å²) in [6.45, 7) is 3.78. The summed E-state index contributed by atoms with van der Waals surface area (Å²) < 4.78 is 18.0. The Bertz CT molecular complexity index is 696. The molecule has 0 fully saturated rings. The second-order valence-electron chi connectivity index (χ2n) is 5.44. The quantitative estimate of drug-likeness (QED) is 0.828. The second kappa shape index (κ2) is 8.24. The van der Waals surface area contributed by atoms with E-state index in [-0.39, 0.29) is 12.4 Å². The molecule has 0 aliphatic heterocycles. The third kappa shape index (κ3) is 4.91. The minimum atomic E-state index is -0.913. The van der Waals surface area contributed by atoms with E-state index in [9.17, 15) is 14.0 Å². The lowest BCUT2D eigenvalue weighted by atomic mass is 10.1. The first-order chi connectivity index (χ1) is 11.5. The molecule has 0 heterocycles. The fourth-order valence-electron chi connectivity index (χ4n) is 2.09. The predicted molar refractivity (Wildman–Crippen MR) is 88.9 cm³/mol. The van der Waals surface area contributed by atoms with Crippen LogP contribution in [-0.2, 0) is 22.5 Å². The molecule has 0 aliphatic rings. The normalized spacial score (nSPS) is 11.6. The van der Waals surface area contributed by atoms with Crippen molar-refractivity contribution in [3.05, 3.63) is 71.0 Å². The summed E-state index contributed by atoms with van der Waals surface area (Å²) in [6, 6.07) is 12.9. The Balaban J connectivity index is 1.85. The SMILES string of the molecule is CCc1ccc(C(=O)OC(C)C(=O)NCc2ccc(F)cc2)cc1. The summed E-state index contributed by atoms with van der Waals surface area (Å²) in [5.74, 6) is -1.28. The van der Waals surface area contributed by atoms with E-state index >= 15 is 0 Å². The van der Waals surface area contributed by atoms with E-state index in [0.29, 0.717) is 5.56 Å². The Morgan fingerprint density at radius 1 is 1.04 bits per heavy atom. The number of amides is 1. The molecule has 2 aromatic rings. The highest BCUT2D eigenvalue weighted by atomic mass is 19.1. The molecule has 0 saturated carbocycles. The van der Waals surface area contributed by atoms with Crippen LogP contribution in [0, 0.1) is 5.82 Å². The van der Waals surface area contributed by atoms with Gasteiger partial charge in [0.05, 0.1) is 5.56 Å². The maximum Gasteiger partial charge on any atom is 0.338 e. The highest BCUT2D eigenvalue weighted by molar-refractivity contribution is 5.92. The molecule has 0 aromatic heterocycles. The van der Waals surface area contributed by atoms with Gasteiger partial charge in [-0.05, 0) is 48.7 Å². The van der Waals surface area contributed by atoms with E-state index < -0.39 is 18.0 Å². The summed E-state index contributed by atoms with van der Waals surface area (Å²) in [4.78, 5) is 24.0. The monoisotopic (exact) mass is 329 g/mol. The molecule has 5 heteroatoms. The van der Waals surface area contributed by atoms with Gasteiger partial charge in [0.1, 0.15) is 5.82 Å². The minimum absolute atomic E-state index is 0.242. The van der Waals surface area contributed by atoms with Gasteiger partial charge < -0.3 is 10.1 Å². The molecule has 0 radical (unpaired) electrons. The Kier molecular flexibility index (Phi) is 6.07. The molecule has 1 amide bonds. The Labute approximate surface area is 140 Å². The smallest absolute Gasteiger partial charge is 0.338 e. The average molecular weight is 329 g/mol. The molecule has 1 N–H and O–H groups in total. The van der Waals surface area contributed by atoms with E-state index in [2.05, 4.69) is 5.32 Å². The molecule has 0 bridgehead atoms. The Hall–Kier alpha value is -2.69. The third-order valence-electron chi connectivity index (χ3n) is 3.63. The number of ether oxygens (including phenoxy) is 1. The number of carbonyl (C=O) groups is 2. The van der Waals surface area contributed by atoms with Gasteiger partial charge >= 0.3 is 5.97 Å². The summed E-state index contributed by atoms with van der Waals surface area (Å²) in [5, 5.41) is 2.65. The lowest BCUT2D eigenvalue weighted by molar-refractivity contribution is -0.129. The number of nitrogens with one attached hydrogen (secondary N) is 1. The zero-order chi connectivity index (χ0) is 17.5. The van der Waals surface area contributed by atoms with Gasteiger partial charge in [0.2, 0.25) is 0 Å². The molecule has 126 valence electrons. The predicted octanol–water partition coefficient (Wildman–Crippen LogP) is 3.25. The topological polar surface area (TPSA) is 55.4 Å². The van der Waals surface area contributed by atoms with Crippen LogP contribution in [0.2, 0.25) is 0 Å². The summed E-state index contributed by atoms with van der Waals surface area (Å²) >= 11 is 0. The Morgan fingerprint density at radius 2 is 1.62 bits per heavy atom. The van der Waals surface area contributed by atoms with Crippen LogP contribution in [0.5, 0.6) is 0 Å². The van der Waals surface area contributed by atoms with Crippen molar-refractivity contribution in [2.45, 2.75) is 32.9 Å². The fraction of sp³-hybridized carbons (Fsp3) is 0.263. The number of carbonyl (C=O) groups excluding carboxylic acids is 2. The number of halogens is 1. The first-order valence-corrected chi connectivity index (χ1v) is 7.81.